The van der Waals surface area contributed by atoms with Gasteiger partial charge in [-0.1, -0.05) is 0 Å². The Labute approximate surface area is 35.0 Å². The van der Waals surface area contributed by atoms with Gasteiger partial charge in [0.15, 0.2) is 0 Å². The van der Waals surface area contributed by atoms with Crippen LogP contribution in [0.4, 0.5) is 0 Å². The van der Waals surface area contributed by atoms with E-state index in [9.17, 15) is 9.13 Å². The summed E-state index contributed by atoms with van der Waals surface area (Å²) in [5, 5.41) is 0. The second kappa shape index (κ2) is 1.15. The highest BCUT2D eigenvalue weighted by molar-refractivity contribution is 7.28. The van der Waals surface area contributed by atoms with Crippen LogP contribution >= 0.6 is 7.83 Å². The van der Waals surface area contributed by atoms with Crippen molar-refractivity contribution in [2.75, 3.05) is 6.67 Å². The molecule has 1 aliphatic rings. The van der Waals surface area contributed by atoms with E-state index < -0.39 is 7.83 Å². The van der Waals surface area contributed by atoms with E-state index in [0.29, 0.717) is 6.67 Å². The molecule has 1 aliphatic heterocycles. The Kier molecular flexibility index (Phi) is 0.765. The Morgan fingerprint density at radius 2 is 2.17 bits per heavy atom. The van der Waals surface area contributed by atoms with E-state index in [0.717, 1.165) is 4.78 Å². The van der Waals surface area contributed by atoms with E-state index in [-0.39, 0.29) is 0 Å². The van der Waals surface area contributed by atoms with E-state index in [2.05, 4.69) is 5.43 Å². The third-order valence-electron chi connectivity index (χ3n) is 0.497. The van der Waals surface area contributed by atoms with Crippen LogP contribution in [0, 0.1) is 0 Å². The average Bonchev–Trinajstić information content (AvgIpc) is 2.06. The first-order valence-corrected chi connectivity index (χ1v) is 2.59. The van der Waals surface area contributed by atoms with Crippen molar-refractivity contribution in [3.8, 4) is 0 Å². The van der Waals surface area contributed by atoms with Gasteiger partial charge in [-0.05, 0) is 0 Å². The summed E-state index contributed by atoms with van der Waals surface area (Å²) in [5.74, 6) is 0. The molecule has 0 aromatic heterocycles. The van der Waals surface area contributed by atoms with Crippen LogP contribution in [0.15, 0.2) is 0 Å². The highest BCUT2D eigenvalue weighted by atomic mass is 31.1. The molecule has 0 radical (unpaired) electrons. The van der Waals surface area contributed by atoms with Gasteiger partial charge in [0.2, 0.25) is 0 Å². The highest BCUT2D eigenvalue weighted by Gasteiger charge is 2.20. The topological polar surface area (TPSA) is 59.1 Å². The smallest absolute Gasteiger partial charge is 0.225 e. The van der Waals surface area contributed by atoms with Crippen LogP contribution in [0.25, 0.3) is 0 Å². The van der Waals surface area contributed by atoms with E-state index >= 15 is 0 Å². The van der Waals surface area contributed by atoms with Gasteiger partial charge in [-0.15, -0.1) is 4.78 Å². The minimum atomic E-state index is -2.33. The monoisotopic (exact) mass is 106 g/mol. The van der Waals surface area contributed by atoms with Crippen molar-refractivity contribution in [3.05, 3.63) is 0 Å². The number of hydrogen-bond acceptors (Lipinski definition) is 3. The van der Waals surface area contributed by atoms with Crippen molar-refractivity contribution in [1.29, 1.82) is 0 Å². The summed E-state index contributed by atoms with van der Waals surface area (Å²) >= 11 is 0. The fourth-order valence-corrected chi connectivity index (χ4v) is 0.441. The second-order valence-electron chi connectivity index (χ2n) is 0.954. The molecule has 4 nitrogen and oxygen atoms in total. The largest absolute Gasteiger partial charge is 0.414 e. The lowest BCUT2D eigenvalue weighted by Gasteiger charge is -1.64. The minimum absolute atomic E-state index is 0.485. The summed E-state index contributed by atoms with van der Waals surface area (Å²) in [6.45, 7) is 0.485. The van der Waals surface area contributed by atoms with Crippen LogP contribution < -0.4 is 5.43 Å². The molecular formula is CH3N2O2P. The van der Waals surface area contributed by atoms with Crippen molar-refractivity contribution in [2.45, 2.75) is 0 Å². The normalized spacial score (nSPS) is 29.7. The van der Waals surface area contributed by atoms with Crippen molar-refractivity contribution < 1.29 is 9.13 Å². The average molecular weight is 106 g/mol. The van der Waals surface area contributed by atoms with Gasteiger partial charge in [-0.3, -0.25) is 0 Å². The van der Waals surface area contributed by atoms with Crippen molar-refractivity contribution in [1.82, 2.24) is 10.2 Å². The molecule has 0 aromatic carbocycles. The maximum absolute atomic E-state index is 9.66. The molecule has 0 aliphatic carbocycles. The predicted octanol–water partition coefficient (Wildman–Crippen LogP) is -0.148. The quantitative estimate of drug-likeness (QED) is 0.373. The summed E-state index contributed by atoms with van der Waals surface area (Å²) in [6, 6.07) is 0. The van der Waals surface area contributed by atoms with Gasteiger partial charge < -0.3 is 0 Å². The summed E-state index contributed by atoms with van der Waals surface area (Å²) in [6.07, 6.45) is 0. The van der Waals surface area contributed by atoms with Gasteiger partial charge in [0.25, 0.3) is 0 Å². The molecule has 1 N–H and O–H groups in total. The van der Waals surface area contributed by atoms with Gasteiger partial charge >= 0.3 is 7.83 Å². The molecule has 1 fully saturated rings. The van der Waals surface area contributed by atoms with E-state index in [1.54, 1.807) is 0 Å². The summed E-state index contributed by atoms with van der Waals surface area (Å²) in [7, 11) is -2.33. The highest BCUT2D eigenvalue weighted by Crippen LogP contribution is 2.14. The van der Waals surface area contributed by atoms with Crippen LogP contribution in [-0.4, -0.2) is 11.4 Å². The maximum atomic E-state index is 9.66. The van der Waals surface area contributed by atoms with Gasteiger partial charge in [0.05, 0.1) is 6.67 Å². The summed E-state index contributed by atoms with van der Waals surface area (Å²) in [5.41, 5.74) is 2.47. The first kappa shape index (κ1) is 3.99. The molecule has 6 heavy (non-hydrogen) atoms. The fourth-order valence-electron chi connectivity index (χ4n) is 0.147. The maximum Gasteiger partial charge on any atom is 0.414 e. The molecule has 5 heteroatoms. The number of rotatable bonds is 1. The molecule has 1 atom stereocenters. The van der Waals surface area contributed by atoms with Crippen molar-refractivity contribution >= 4 is 7.83 Å². The van der Waals surface area contributed by atoms with Crippen molar-refractivity contribution in [2.24, 2.45) is 0 Å². The summed E-state index contributed by atoms with van der Waals surface area (Å²) in [4.78, 5) is 0. The zero-order valence-corrected chi connectivity index (χ0v) is 3.81. The van der Waals surface area contributed by atoms with Gasteiger partial charge in [0, 0.05) is 0 Å². The Hall–Kier alpha value is -0.180. The van der Waals surface area contributed by atoms with Crippen LogP contribution in [0.1, 0.15) is 0 Å². The predicted molar refractivity (Wildman–Crippen MR) is 18.1 cm³/mol. The fraction of sp³-hybridized carbons (Fsp3) is 1.00. The van der Waals surface area contributed by atoms with E-state index in [1.807, 2.05) is 0 Å². The van der Waals surface area contributed by atoms with Crippen LogP contribution in [0.3, 0.4) is 0 Å². The molecule has 0 spiro atoms. The summed E-state index contributed by atoms with van der Waals surface area (Å²) < 4.78 is 20.4. The molecule has 0 saturated carbocycles. The second-order valence-corrected chi connectivity index (χ2v) is 1.91. The standard InChI is InChI=1S/CH3N2O2P/c4-6(5)3-1-2-3/h2H,1H2. The number of nitrogens with zero attached hydrogens (tertiary/aromatic N) is 1. The number of hydrazine groups is 1. The molecule has 1 unspecified atom stereocenters. The van der Waals surface area contributed by atoms with Gasteiger partial charge in [-0.25, -0.2) is 14.6 Å². The zero-order valence-electron chi connectivity index (χ0n) is 2.92. The lowest BCUT2D eigenvalue weighted by Crippen LogP contribution is -1.76. The molecular weight excluding hydrogens is 103 g/mol. The Morgan fingerprint density at radius 3 is 2.17 bits per heavy atom. The van der Waals surface area contributed by atoms with Gasteiger partial charge in [0.1, 0.15) is 0 Å². The zero-order chi connectivity index (χ0) is 4.57. The third-order valence-corrected chi connectivity index (χ3v) is 1.17. The first-order valence-electron chi connectivity index (χ1n) is 1.46. The first-order chi connectivity index (χ1) is 2.80. The lowest BCUT2D eigenvalue weighted by molar-refractivity contribution is 0.485. The molecule has 1 heterocycles. The molecule has 34 valence electrons. The lowest BCUT2D eigenvalue weighted by atomic mass is 11.4. The number of nitrogens with one attached hydrogen (secondary N) is 1. The number of hydrogen-bond donors (Lipinski definition) is 1. The Balaban J connectivity index is 2.52. The Bertz CT molecular complexity index is 107. The Morgan fingerprint density at radius 1 is 1.67 bits per heavy atom. The molecule has 0 bridgehead atoms. The van der Waals surface area contributed by atoms with Crippen LogP contribution in [0.5, 0.6) is 0 Å². The van der Waals surface area contributed by atoms with Crippen LogP contribution in [0.2, 0.25) is 0 Å². The van der Waals surface area contributed by atoms with Crippen LogP contribution in [-0.2, 0) is 9.13 Å². The minimum Gasteiger partial charge on any atom is -0.225 e. The van der Waals surface area contributed by atoms with Crippen molar-refractivity contribution in [3.63, 3.8) is 0 Å². The van der Waals surface area contributed by atoms with Gasteiger partial charge in [-0.2, -0.15) is 0 Å². The molecule has 1 saturated heterocycles. The van der Waals surface area contributed by atoms with E-state index in [4.69, 9.17) is 0 Å². The molecule has 1 rings (SSSR count). The SMILES string of the molecule is O=P(=O)N1CN1. The molecule has 0 aromatic rings. The van der Waals surface area contributed by atoms with E-state index in [1.165, 1.54) is 0 Å². The third kappa shape index (κ3) is 0.653. The molecule has 0 amide bonds.